The zero-order valence-electron chi connectivity index (χ0n) is 12.4. The van der Waals surface area contributed by atoms with Crippen LogP contribution in [0, 0.1) is 13.8 Å². The zero-order valence-corrected chi connectivity index (χ0v) is 13.2. The zero-order chi connectivity index (χ0) is 15.5. The van der Waals surface area contributed by atoms with Gasteiger partial charge >= 0.3 is 0 Å². The highest BCUT2D eigenvalue weighted by atomic mass is 32.2. The van der Waals surface area contributed by atoms with E-state index in [1.807, 2.05) is 13.8 Å². The lowest BCUT2D eigenvalue weighted by Crippen LogP contribution is -2.31. The van der Waals surface area contributed by atoms with Crippen molar-refractivity contribution in [2.75, 3.05) is 6.61 Å². The van der Waals surface area contributed by atoms with Crippen LogP contribution >= 0.6 is 0 Å². The quantitative estimate of drug-likeness (QED) is 0.903. The minimum Gasteiger partial charge on any atom is -0.378 e. The third kappa shape index (κ3) is 4.28. The largest absolute Gasteiger partial charge is 0.378 e. The summed E-state index contributed by atoms with van der Waals surface area (Å²) in [5.74, 6) is -0.483. The Balaban J connectivity index is 1.96. The highest BCUT2D eigenvalue weighted by Gasteiger charge is 2.21. The first-order valence-corrected chi connectivity index (χ1v) is 8.61. The Kier molecular flexibility index (Phi) is 5.00. The number of aryl methyl sites for hydroxylation is 2. The summed E-state index contributed by atoms with van der Waals surface area (Å²) in [6.45, 7) is 4.48. The molecule has 0 spiro atoms. The fourth-order valence-electron chi connectivity index (χ4n) is 2.30. The molecule has 0 bridgehead atoms. The number of hydrogen-bond donors (Lipinski definition) is 1. The van der Waals surface area contributed by atoms with Crippen LogP contribution in [0.5, 0.6) is 0 Å². The van der Waals surface area contributed by atoms with Crippen LogP contribution in [0.15, 0.2) is 23.1 Å². The van der Waals surface area contributed by atoms with Crippen molar-refractivity contribution in [1.82, 2.24) is 4.72 Å². The van der Waals surface area contributed by atoms with E-state index in [0.717, 1.165) is 30.6 Å². The summed E-state index contributed by atoms with van der Waals surface area (Å²) in [6.07, 6.45) is 2.76. The van der Waals surface area contributed by atoms with Crippen molar-refractivity contribution in [3.63, 3.8) is 0 Å². The fraction of sp³-hybridized carbons (Fsp3) is 0.533. The predicted molar refractivity (Wildman–Crippen MR) is 79.5 cm³/mol. The number of rotatable bonds is 5. The summed E-state index contributed by atoms with van der Waals surface area (Å²) in [4.78, 5) is 11.9. The maximum atomic E-state index is 12.1. The summed E-state index contributed by atoms with van der Waals surface area (Å²) in [6, 6.07) is 4.82. The van der Waals surface area contributed by atoms with Crippen LogP contribution in [0.4, 0.5) is 0 Å². The standard InChI is InChI=1S/C15H21NO4S/c1-11-5-7-14(10-12(11)2)21(18,19)16-15(17)8-6-13-4-3-9-20-13/h5,7,10,13H,3-4,6,8-9H2,1-2H3,(H,16,17). The number of nitrogens with one attached hydrogen (secondary N) is 1. The molecule has 5 nitrogen and oxygen atoms in total. The molecule has 2 rings (SSSR count). The third-order valence-corrected chi connectivity index (χ3v) is 5.13. The lowest BCUT2D eigenvalue weighted by Gasteiger charge is -2.11. The minimum absolute atomic E-state index is 0.0834. The van der Waals surface area contributed by atoms with E-state index in [1.54, 1.807) is 12.1 Å². The van der Waals surface area contributed by atoms with Gasteiger partial charge in [-0.2, -0.15) is 0 Å². The second-order valence-corrected chi connectivity index (χ2v) is 7.13. The molecule has 1 fully saturated rings. The molecule has 1 atom stereocenters. The SMILES string of the molecule is Cc1ccc(S(=O)(=O)NC(=O)CCC2CCCO2)cc1C. The van der Waals surface area contributed by atoms with E-state index in [0.29, 0.717) is 6.42 Å². The highest BCUT2D eigenvalue weighted by molar-refractivity contribution is 7.90. The van der Waals surface area contributed by atoms with E-state index in [1.165, 1.54) is 6.07 Å². The first-order chi connectivity index (χ1) is 9.88. The Bertz CT molecular complexity index is 619. The maximum absolute atomic E-state index is 12.1. The number of ether oxygens (including phenoxy) is 1. The van der Waals surface area contributed by atoms with Crippen molar-refractivity contribution in [2.45, 2.75) is 50.5 Å². The van der Waals surface area contributed by atoms with Crippen molar-refractivity contribution in [1.29, 1.82) is 0 Å². The fourth-order valence-corrected chi connectivity index (χ4v) is 3.40. The minimum atomic E-state index is -3.78. The smallest absolute Gasteiger partial charge is 0.264 e. The molecular weight excluding hydrogens is 290 g/mol. The molecule has 0 radical (unpaired) electrons. The second-order valence-electron chi connectivity index (χ2n) is 5.45. The lowest BCUT2D eigenvalue weighted by molar-refractivity contribution is -0.119. The molecule has 1 aliphatic rings. The summed E-state index contributed by atoms with van der Waals surface area (Å²) < 4.78 is 31.8. The summed E-state index contributed by atoms with van der Waals surface area (Å²) in [5.41, 5.74) is 1.89. The second kappa shape index (κ2) is 6.58. The van der Waals surface area contributed by atoms with E-state index in [2.05, 4.69) is 4.72 Å². The molecule has 1 unspecified atom stereocenters. The topological polar surface area (TPSA) is 72.5 Å². The van der Waals surface area contributed by atoms with Crippen LogP contribution < -0.4 is 4.72 Å². The van der Waals surface area contributed by atoms with Crippen molar-refractivity contribution < 1.29 is 17.9 Å². The molecular formula is C15H21NO4S. The molecule has 21 heavy (non-hydrogen) atoms. The Morgan fingerprint density at radius 3 is 2.71 bits per heavy atom. The van der Waals surface area contributed by atoms with Gasteiger partial charge in [0, 0.05) is 13.0 Å². The highest BCUT2D eigenvalue weighted by Crippen LogP contribution is 2.18. The lowest BCUT2D eigenvalue weighted by atomic mass is 10.1. The average Bonchev–Trinajstić information content (AvgIpc) is 2.92. The van der Waals surface area contributed by atoms with E-state index >= 15 is 0 Å². The van der Waals surface area contributed by atoms with Gasteiger partial charge in [0.05, 0.1) is 11.0 Å². The van der Waals surface area contributed by atoms with Gasteiger partial charge in [-0.05, 0) is 56.4 Å². The maximum Gasteiger partial charge on any atom is 0.264 e. The van der Waals surface area contributed by atoms with Crippen molar-refractivity contribution in [3.8, 4) is 0 Å². The number of amides is 1. The van der Waals surface area contributed by atoms with E-state index in [-0.39, 0.29) is 17.4 Å². The first-order valence-electron chi connectivity index (χ1n) is 7.13. The summed E-state index contributed by atoms with van der Waals surface area (Å²) >= 11 is 0. The summed E-state index contributed by atoms with van der Waals surface area (Å²) in [7, 11) is -3.78. The molecule has 0 aromatic heterocycles. The van der Waals surface area contributed by atoms with Gasteiger partial charge in [-0.3, -0.25) is 4.79 Å². The van der Waals surface area contributed by atoms with Crippen LogP contribution in [-0.4, -0.2) is 27.0 Å². The number of carbonyl (C=O) groups excluding carboxylic acids is 1. The number of hydrogen-bond acceptors (Lipinski definition) is 4. The van der Waals surface area contributed by atoms with Gasteiger partial charge in [0.1, 0.15) is 0 Å². The molecule has 6 heteroatoms. The van der Waals surface area contributed by atoms with Gasteiger partial charge < -0.3 is 4.74 Å². The first kappa shape index (κ1) is 16.0. The molecule has 1 amide bonds. The monoisotopic (exact) mass is 311 g/mol. The predicted octanol–water partition coefficient (Wildman–Crippen LogP) is 2.07. The molecule has 1 aliphatic heterocycles. The number of carbonyl (C=O) groups is 1. The normalized spacial score (nSPS) is 18.7. The molecule has 0 aliphatic carbocycles. The summed E-state index contributed by atoms with van der Waals surface area (Å²) in [5, 5.41) is 0. The van der Waals surface area contributed by atoms with Crippen molar-refractivity contribution >= 4 is 15.9 Å². The van der Waals surface area contributed by atoms with E-state index in [4.69, 9.17) is 4.74 Å². The molecule has 0 saturated carbocycles. The number of benzene rings is 1. The van der Waals surface area contributed by atoms with Gasteiger partial charge in [0.15, 0.2) is 0 Å². The van der Waals surface area contributed by atoms with Crippen molar-refractivity contribution in [2.24, 2.45) is 0 Å². The van der Waals surface area contributed by atoms with Crippen LogP contribution in [0.3, 0.4) is 0 Å². The van der Waals surface area contributed by atoms with Crippen molar-refractivity contribution in [3.05, 3.63) is 29.3 Å². The number of sulfonamides is 1. The van der Waals surface area contributed by atoms with Gasteiger partial charge in [0.2, 0.25) is 5.91 Å². The van der Waals surface area contributed by atoms with E-state index < -0.39 is 15.9 Å². The Labute approximate surface area is 125 Å². The Hall–Kier alpha value is -1.40. The van der Waals surface area contributed by atoms with Crippen LogP contribution in [-0.2, 0) is 19.6 Å². The molecule has 1 heterocycles. The Morgan fingerprint density at radius 2 is 2.10 bits per heavy atom. The van der Waals surface area contributed by atoms with Crippen LogP contribution in [0.25, 0.3) is 0 Å². The van der Waals surface area contributed by atoms with Gasteiger partial charge in [-0.15, -0.1) is 0 Å². The molecule has 1 aromatic carbocycles. The van der Waals surface area contributed by atoms with Gasteiger partial charge in [-0.1, -0.05) is 6.07 Å². The Morgan fingerprint density at radius 1 is 1.33 bits per heavy atom. The van der Waals surface area contributed by atoms with Gasteiger partial charge in [0.25, 0.3) is 10.0 Å². The van der Waals surface area contributed by atoms with Gasteiger partial charge in [-0.25, -0.2) is 13.1 Å². The van der Waals surface area contributed by atoms with Crippen LogP contribution in [0.1, 0.15) is 36.8 Å². The molecule has 116 valence electrons. The molecule has 1 aromatic rings. The van der Waals surface area contributed by atoms with E-state index in [9.17, 15) is 13.2 Å². The average molecular weight is 311 g/mol. The molecule has 1 saturated heterocycles. The molecule has 1 N–H and O–H groups in total. The third-order valence-electron chi connectivity index (χ3n) is 3.75. The van der Waals surface area contributed by atoms with Crippen LogP contribution in [0.2, 0.25) is 0 Å².